The third-order valence-electron chi connectivity index (χ3n) is 5.87. The van der Waals surface area contributed by atoms with Gasteiger partial charge in [0.25, 0.3) is 0 Å². The summed E-state index contributed by atoms with van der Waals surface area (Å²) in [6, 6.07) is 12.2. The van der Waals surface area contributed by atoms with E-state index in [1.807, 2.05) is 31.2 Å². The van der Waals surface area contributed by atoms with Gasteiger partial charge in [-0.3, -0.25) is 0 Å². The molecular weight excluding hydrogens is 384 g/mol. The minimum atomic E-state index is -1.08. The van der Waals surface area contributed by atoms with Crippen LogP contribution >= 0.6 is 0 Å². The summed E-state index contributed by atoms with van der Waals surface area (Å²) in [6.07, 6.45) is -0.154. The van der Waals surface area contributed by atoms with Gasteiger partial charge in [-0.15, -0.1) is 0 Å². The van der Waals surface area contributed by atoms with Crippen molar-refractivity contribution in [3.63, 3.8) is 0 Å². The number of hydrogen-bond donors (Lipinski definition) is 3. The van der Waals surface area contributed by atoms with Crippen LogP contribution in [0.2, 0.25) is 0 Å². The Hall–Kier alpha value is -2.12. The van der Waals surface area contributed by atoms with Crippen molar-refractivity contribution in [2.24, 2.45) is 0 Å². The minimum Gasteiger partial charge on any atom is -0.494 e. The molecule has 4 unspecified atom stereocenters. The van der Waals surface area contributed by atoms with Gasteiger partial charge in [0.2, 0.25) is 0 Å². The molecule has 2 aliphatic rings. The summed E-state index contributed by atoms with van der Waals surface area (Å²) in [7, 11) is 0. The molecule has 0 aromatic heterocycles. The zero-order valence-corrected chi connectivity index (χ0v) is 17.3. The average molecular weight is 414 g/mol. The maximum Gasteiger partial charge on any atom is 0.122 e. The number of benzene rings is 2. The lowest BCUT2D eigenvalue weighted by Gasteiger charge is -2.36. The topological polar surface area (TPSA) is 88.4 Å². The zero-order valence-electron chi connectivity index (χ0n) is 17.3. The maximum absolute atomic E-state index is 10.2. The number of rotatable bonds is 6. The van der Waals surface area contributed by atoms with E-state index in [1.165, 1.54) is 11.1 Å². The highest BCUT2D eigenvalue weighted by Crippen LogP contribution is 2.35. The summed E-state index contributed by atoms with van der Waals surface area (Å²) < 4.78 is 17.4. The van der Waals surface area contributed by atoms with Gasteiger partial charge in [0.1, 0.15) is 23.7 Å². The molecule has 1 saturated heterocycles. The van der Waals surface area contributed by atoms with Gasteiger partial charge in [-0.05, 0) is 60.2 Å². The van der Waals surface area contributed by atoms with Gasteiger partial charge in [0.05, 0.1) is 32.0 Å². The molecule has 0 saturated carbocycles. The van der Waals surface area contributed by atoms with Crippen molar-refractivity contribution in [1.82, 2.24) is 0 Å². The summed E-state index contributed by atoms with van der Waals surface area (Å²) in [5.74, 6) is 1.80. The molecule has 2 aliphatic heterocycles. The van der Waals surface area contributed by atoms with Crippen LogP contribution in [-0.4, -0.2) is 53.5 Å². The van der Waals surface area contributed by atoms with Gasteiger partial charge in [0, 0.05) is 12.8 Å². The second kappa shape index (κ2) is 9.35. The van der Waals surface area contributed by atoms with Crippen LogP contribution in [0.25, 0.3) is 0 Å². The zero-order chi connectivity index (χ0) is 21.1. The second-order valence-corrected chi connectivity index (χ2v) is 8.01. The van der Waals surface area contributed by atoms with Crippen LogP contribution in [0.15, 0.2) is 36.4 Å². The Morgan fingerprint density at radius 1 is 1.13 bits per heavy atom. The fourth-order valence-electron chi connectivity index (χ4n) is 4.30. The molecule has 0 bridgehead atoms. The van der Waals surface area contributed by atoms with Crippen LogP contribution in [-0.2, 0) is 17.6 Å². The summed E-state index contributed by atoms with van der Waals surface area (Å²) in [6.45, 7) is 2.97. The summed E-state index contributed by atoms with van der Waals surface area (Å²) in [4.78, 5) is 0. The first-order chi connectivity index (χ1) is 14.6. The van der Waals surface area contributed by atoms with Gasteiger partial charge >= 0.3 is 0 Å². The smallest absolute Gasteiger partial charge is 0.122 e. The van der Waals surface area contributed by atoms with E-state index in [-0.39, 0.29) is 13.0 Å². The quantitative estimate of drug-likeness (QED) is 0.673. The number of fused-ring (bicyclic) bond motifs is 1. The molecule has 162 valence electrons. The van der Waals surface area contributed by atoms with Gasteiger partial charge < -0.3 is 29.5 Å². The third kappa shape index (κ3) is 4.47. The van der Waals surface area contributed by atoms with E-state index in [2.05, 4.69) is 12.1 Å². The normalized spacial score (nSPS) is 26.0. The third-order valence-corrected chi connectivity index (χ3v) is 5.87. The Balaban J connectivity index is 1.60. The molecule has 0 spiro atoms. The van der Waals surface area contributed by atoms with E-state index in [9.17, 15) is 15.3 Å². The van der Waals surface area contributed by atoms with Gasteiger partial charge in [-0.25, -0.2) is 0 Å². The largest absolute Gasteiger partial charge is 0.494 e. The van der Waals surface area contributed by atoms with Crippen molar-refractivity contribution < 1.29 is 29.5 Å². The van der Waals surface area contributed by atoms with Crippen LogP contribution in [0.4, 0.5) is 0 Å². The molecule has 0 radical (unpaired) electrons. The van der Waals surface area contributed by atoms with Crippen LogP contribution in [0, 0.1) is 0 Å². The maximum atomic E-state index is 10.2. The molecule has 4 rings (SSSR count). The van der Waals surface area contributed by atoms with E-state index in [0.717, 1.165) is 42.1 Å². The van der Waals surface area contributed by atoms with E-state index < -0.39 is 24.4 Å². The highest BCUT2D eigenvalue weighted by molar-refractivity contribution is 5.44. The van der Waals surface area contributed by atoms with E-state index >= 15 is 0 Å². The van der Waals surface area contributed by atoms with Gasteiger partial charge in [0.15, 0.2) is 0 Å². The molecule has 2 aromatic carbocycles. The van der Waals surface area contributed by atoms with Crippen LogP contribution in [0.1, 0.15) is 48.1 Å². The number of aryl methyl sites for hydroxylation is 1. The lowest BCUT2D eigenvalue weighted by Crippen LogP contribution is -2.47. The van der Waals surface area contributed by atoms with Crippen molar-refractivity contribution in [1.29, 1.82) is 0 Å². The van der Waals surface area contributed by atoms with Gasteiger partial charge in [-0.1, -0.05) is 18.2 Å². The Labute approximate surface area is 177 Å². The fourth-order valence-corrected chi connectivity index (χ4v) is 4.30. The number of aliphatic hydroxyl groups is 3. The fraction of sp³-hybridized carbons (Fsp3) is 0.500. The first-order valence-electron chi connectivity index (χ1n) is 10.7. The van der Waals surface area contributed by atoms with Crippen LogP contribution < -0.4 is 9.47 Å². The Morgan fingerprint density at radius 3 is 2.80 bits per heavy atom. The molecule has 0 aliphatic carbocycles. The van der Waals surface area contributed by atoms with E-state index in [4.69, 9.17) is 14.2 Å². The molecule has 6 nitrogen and oxygen atoms in total. The molecule has 4 atom stereocenters. The van der Waals surface area contributed by atoms with Crippen LogP contribution in [0.5, 0.6) is 11.5 Å². The molecule has 2 aromatic rings. The predicted octanol–water partition coefficient (Wildman–Crippen LogP) is 2.55. The highest BCUT2D eigenvalue weighted by atomic mass is 16.5. The highest BCUT2D eigenvalue weighted by Gasteiger charge is 2.37. The lowest BCUT2D eigenvalue weighted by atomic mass is 9.92. The molecule has 2 heterocycles. The first kappa shape index (κ1) is 21.1. The van der Waals surface area contributed by atoms with Gasteiger partial charge in [-0.2, -0.15) is 0 Å². The Kier molecular flexibility index (Phi) is 6.58. The summed E-state index contributed by atoms with van der Waals surface area (Å²) in [5, 5.41) is 29.7. The van der Waals surface area contributed by atoms with Crippen molar-refractivity contribution in [2.45, 2.75) is 57.0 Å². The van der Waals surface area contributed by atoms with Crippen molar-refractivity contribution in [3.05, 3.63) is 58.7 Å². The molecule has 6 heteroatoms. The standard InChI is InChI=1S/C24H30O6/c1-2-28-21-8-6-17(22-13-19(26)24(27)23(14-25)30-22)12-18(21)11-15-5-7-20-16(10-15)4-3-9-29-20/h5-8,10,12,19,22-27H,2-4,9,11,13-14H2,1H3. The van der Waals surface area contributed by atoms with Crippen LogP contribution in [0.3, 0.4) is 0 Å². The minimum absolute atomic E-state index is 0.279. The molecule has 0 amide bonds. The molecule has 30 heavy (non-hydrogen) atoms. The summed E-state index contributed by atoms with van der Waals surface area (Å²) >= 11 is 0. The Bertz CT molecular complexity index is 867. The number of aliphatic hydroxyl groups excluding tert-OH is 3. The SMILES string of the molecule is CCOc1ccc(C2CC(O)C(O)C(CO)O2)cc1Cc1ccc2c(c1)CCCO2. The Morgan fingerprint density at radius 2 is 2.00 bits per heavy atom. The number of hydrogen-bond acceptors (Lipinski definition) is 6. The summed E-state index contributed by atoms with van der Waals surface area (Å²) in [5.41, 5.74) is 4.37. The van der Waals surface area contributed by atoms with E-state index in [1.54, 1.807) is 0 Å². The predicted molar refractivity (Wildman–Crippen MR) is 112 cm³/mol. The lowest BCUT2D eigenvalue weighted by molar-refractivity contribution is -0.181. The molecular formula is C24H30O6. The molecule has 3 N–H and O–H groups in total. The number of ether oxygens (including phenoxy) is 3. The van der Waals surface area contributed by atoms with Crippen molar-refractivity contribution in [2.75, 3.05) is 19.8 Å². The van der Waals surface area contributed by atoms with E-state index in [0.29, 0.717) is 13.0 Å². The molecule has 1 fully saturated rings. The average Bonchev–Trinajstić information content (AvgIpc) is 2.77. The van der Waals surface area contributed by atoms with Crippen molar-refractivity contribution in [3.8, 4) is 11.5 Å². The van der Waals surface area contributed by atoms with Crippen molar-refractivity contribution >= 4 is 0 Å². The monoisotopic (exact) mass is 414 g/mol. The first-order valence-corrected chi connectivity index (χ1v) is 10.7. The second-order valence-electron chi connectivity index (χ2n) is 8.01.